The first-order valence-electron chi connectivity index (χ1n) is 10.5. The minimum Gasteiger partial charge on any atom is -0.497 e. The third-order valence-electron chi connectivity index (χ3n) is 5.59. The highest BCUT2D eigenvalue weighted by Gasteiger charge is 2.34. The maximum Gasteiger partial charge on any atom is 0.290 e. The summed E-state index contributed by atoms with van der Waals surface area (Å²) < 4.78 is 10.7. The molecule has 4 rings (SSSR count). The summed E-state index contributed by atoms with van der Waals surface area (Å²) in [6.45, 7) is 0.311. The van der Waals surface area contributed by atoms with Crippen molar-refractivity contribution in [2.75, 3.05) is 7.11 Å². The van der Waals surface area contributed by atoms with Crippen LogP contribution in [0.25, 0.3) is 0 Å². The van der Waals surface area contributed by atoms with Gasteiger partial charge >= 0.3 is 0 Å². The summed E-state index contributed by atoms with van der Waals surface area (Å²) in [4.78, 5) is 29.6. The zero-order valence-corrected chi connectivity index (χ0v) is 18.3. The van der Waals surface area contributed by atoms with E-state index in [0.717, 1.165) is 36.1 Å². The Morgan fingerprint density at radius 3 is 2.55 bits per heavy atom. The van der Waals surface area contributed by atoms with Crippen molar-refractivity contribution in [2.45, 2.75) is 44.3 Å². The van der Waals surface area contributed by atoms with E-state index in [2.05, 4.69) is 5.32 Å². The maximum atomic E-state index is 13.5. The molecule has 0 radical (unpaired) electrons. The fourth-order valence-corrected chi connectivity index (χ4v) is 4.70. The Kier molecular flexibility index (Phi) is 6.72. The molecule has 31 heavy (non-hydrogen) atoms. The van der Waals surface area contributed by atoms with Gasteiger partial charge in [0.25, 0.3) is 5.91 Å². The zero-order valence-electron chi connectivity index (χ0n) is 17.5. The van der Waals surface area contributed by atoms with Crippen LogP contribution in [0.15, 0.2) is 64.6 Å². The van der Waals surface area contributed by atoms with Gasteiger partial charge in [-0.1, -0.05) is 31.0 Å². The lowest BCUT2D eigenvalue weighted by atomic mass is 10.0. The molecule has 2 amide bonds. The van der Waals surface area contributed by atoms with Crippen molar-refractivity contribution < 1.29 is 18.7 Å². The fraction of sp³-hybridized carbons (Fsp3) is 0.333. The van der Waals surface area contributed by atoms with Gasteiger partial charge in [0, 0.05) is 10.9 Å². The third-order valence-corrected chi connectivity index (χ3v) is 6.45. The number of carbonyl (C=O) groups excluding carboxylic acids is 2. The highest BCUT2D eigenvalue weighted by molar-refractivity contribution is 7.09. The monoisotopic (exact) mass is 438 g/mol. The van der Waals surface area contributed by atoms with Crippen molar-refractivity contribution in [3.8, 4) is 5.75 Å². The number of nitrogens with one attached hydrogen (secondary N) is 1. The number of methoxy groups -OCH3 is 1. The van der Waals surface area contributed by atoms with E-state index in [4.69, 9.17) is 9.15 Å². The molecule has 2 heterocycles. The minimum absolute atomic E-state index is 0.149. The van der Waals surface area contributed by atoms with Crippen LogP contribution in [-0.2, 0) is 11.3 Å². The van der Waals surface area contributed by atoms with E-state index in [9.17, 15) is 9.59 Å². The van der Waals surface area contributed by atoms with Gasteiger partial charge in [-0.05, 0) is 54.1 Å². The van der Waals surface area contributed by atoms with Crippen molar-refractivity contribution in [1.82, 2.24) is 10.2 Å². The zero-order chi connectivity index (χ0) is 21.6. The lowest BCUT2D eigenvalue weighted by Crippen LogP contribution is -2.45. The third kappa shape index (κ3) is 4.99. The second-order valence-corrected chi connectivity index (χ2v) is 8.69. The van der Waals surface area contributed by atoms with Gasteiger partial charge in [-0.3, -0.25) is 9.59 Å². The minimum atomic E-state index is -0.786. The van der Waals surface area contributed by atoms with Crippen LogP contribution < -0.4 is 10.1 Å². The van der Waals surface area contributed by atoms with Crippen LogP contribution in [-0.4, -0.2) is 29.9 Å². The number of rotatable bonds is 8. The number of ether oxygens (including phenoxy) is 1. The predicted molar refractivity (Wildman–Crippen MR) is 119 cm³/mol. The fourth-order valence-electron chi connectivity index (χ4n) is 4.00. The average molecular weight is 439 g/mol. The van der Waals surface area contributed by atoms with E-state index in [-0.39, 0.29) is 23.6 Å². The molecular formula is C24H26N2O4S. The molecule has 0 aliphatic heterocycles. The van der Waals surface area contributed by atoms with E-state index in [0.29, 0.717) is 12.3 Å². The molecule has 3 aromatic rings. The summed E-state index contributed by atoms with van der Waals surface area (Å²) in [5.41, 5.74) is 0.729. The Morgan fingerprint density at radius 2 is 1.94 bits per heavy atom. The quantitative estimate of drug-likeness (QED) is 0.549. The summed E-state index contributed by atoms with van der Waals surface area (Å²) in [6.07, 6.45) is 5.64. The Labute approximate surface area is 185 Å². The molecular weight excluding hydrogens is 412 g/mol. The summed E-state index contributed by atoms with van der Waals surface area (Å²) in [5, 5.41) is 5.14. The molecule has 1 saturated carbocycles. The van der Waals surface area contributed by atoms with Crippen molar-refractivity contribution in [3.05, 3.63) is 76.4 Å². The highest BCUT2D eigenvalue weighted by Crippen LogP contribution is 2.29. The Morgan fingerprint density at radius 1 is 1.16 bits per heavy atom. The first-order valence-corrected chi connectivity index (χ1v) is 11.3. The van der Waals surface area contributed by atoms with Gasteiger partial charge in [0.2, 0.25) is 5.91 Å². The molecule has 7 heteroatoms. The summed E-state index contributed by atoms with van der Waals surface area (Å²) in [7, 11) is 1.60. The maximum absolute atomic E-state index is 13.5. The van der Waals surface area contributed by atoms with Crippen LogP contribution in [0.5, 0.6) is 5.75 Å². The smallest absolute Gasteiger partial charge is 0.290 e. The van der Waals surface area contributed by atoms with Gasteiger partial charge in [0.05, 0.1) is 19.9 Å². The SMILES string of the molecule is COc1ccc(C(C(=O)NC2CCCC2)N(Cc2cccs2)C(=O)c2ccco2)cc1. The van der Waals surface area contributed by atoms with Crippen LogP contribution >= 0.6 is 11.3 Å². The number of thiophene rings is 1. The summed E-state index contributed by atoms with van der Waals surface area (Å²) in [6, 6.07) is 13.9. The number of hydrogen-bond donors (Lipinski definition) is 1. The summed E-state index contributed by atoms with van der Waals surface area (Å²) >= 11 is 1.55. The number of hydrogen-bond acceptors (Lipinski definition) is 5. The first kappa shape index (κ1) is 21.2. The molecule has 6 nitrogen and oxygen atoms in total. The summed E-state index contributed by atoms with van der Waals surface area (Å²) in [5.74, 6) is 0.416. The molecule has 1 aliphatic carbocycles. The van der Waals surface area contributed by atoms with Gasteiger partial charge in [-0.2, -0.15) is 0 Å². The Balaban J connectivity index is 1.71. The largest absolute Gasteiger partial charge is 0.497 e. The van der Waals surface area contributed by atoms with Crippen LogP contribution in [0, 0.1) is 0 Å². The predicted octanol–water partition coefficient (Wildman–Crippen LogP) is 4.79. The van der Waals surface area contributed by atoms with Crippen LogP contribution in [0.2, 0.25) is 0 Å². The highest BCUT2D eigenvalue weighted by atomic mass is 32.1. The topological polar surface area (TPSA) is 71.8 Å². The molecule has 1 atom stereocenters. The first-order chi connectivity index (χ1) is 15.2. The van der Waals surface area contributed by atoms with Gasteiger partial charge in [0.1, 0.15) is 11.8 Å². The van der Waals surface area contributed by atoms with Crippen LogP contribution in [0.3, 0.4) is 0 Å². The second-order valence-electron chi connectivity index (χ2n) is 7.66. The van der Waals surface area contributed by atoms with E-state index < -0.39 is 6.04 Å². The van der Waals surface area contributed by atoms with Gasteiger partial charge in [-0.15, -0.1) is 11.3 Å². The molecule has 0 bridgehead atoms. The molecule has 0 saturated heterocycles. The Hall–Kier alpha value is -3.06. The van der Waals surface area contributed by atoms with Crippen molar-refractivity contribution >= 4 is 23.2 Å². The Bertz CT molecular complexity index is 977. The van der Waals surface area contributed by atoms with E-state index in [1.54, 1.807) is 35.5 Å². The standard InChI is InChI=1S/C24H26N2O4S/c1-29-19-12-10-17(11-13-19)22(23(27)25-18-6-2-3-7-18)26(16-20-8-5-15-31-20)24(28)21-9-4-14-30-21/h4-5,8-15,18,22H,2-3,6-7,16H2,1H3,(H,25,27). The molecule has 1 N–H and O–H groups in total. The number of nitrogens with zero attached hydrogens (tertiary/aromatic N) is 1. The molecule has 0 spiro atoms. The second kappa shape index (κ2) is 9.83. The molecule has 1 fully saturated rings. The molecule has 2 aromatic heterocycles. The van der Waals surface area contributed by atoms with Crippen LogP contribution in [0.1, 0.15) is 52.7 Å². The normalized spacial score (nSPS) is 14.9. The number of furan rings is 1. The van der Waals surface area contributed by atoms with Gasteiger partial charge < -0.3 is 19.4 Å². The molecule has 1 aromatic carbocycles. The van der Waals surface area contributed by atoms with Crippen molar-refractivity contribution in [1.29, 1.82) is 0 Å². The van der Waals surface area contributed by atoms with Gasteiger partial charge in [0.15, 0.2) is 5.76 Å². The van der Waals surface area contributed by atoms with Gasteiger partial charge in [-0.25, -0.2) is 0 Å². The molecule has 1 aliphatic rings. The van der Waals surface area contributed by atoms with E-state index in [1.165, 1.54) is 6.26 Å². The molecule has 1 unspecified atom stereocenters. The number of benzene rings is 1. The van der Waals surface area contributed by atoms with Crippen LogP contribution in [0.4, 0.5) is 0 Å². The lowest BCUT2D eigenvalue weighted by molar-refractivity contribution is -0.126. The van der Waals surface area contributed by atoms with E-state index in [1.807, 2.05) is 41.8 Å². The average Bonchev–Trinajstić information content (AvgIpc) is 3.57. The molecule has 162 valence electrons. The van der Waals surface area contributed by atoms with E-state index >= 15 is 0 Å². The lowest BCUT2D eigenvalue weighted by Gasteiger charge is -2.31. The number of amides is 2. The number of carbonyl (C=O) groups is 2. The van der Waals surface area contributed by atoms with Crippen molar-refractivity contribution in [3.63, 3.8) is 0 Å². The van der Waals surface area contributed by atoms with Crippen molar-refractivity contribution in [2.24, 2.45) is 0 Å².